The number of amides is 1. The second-order valence-electron chi connectivity index (χ2n) is 5.77. The summed E-state index contributed by atoms with van der Waals surface area (Å²) in [5.41, 5.74) is 2.59. The first-order valence-corrected chi connectivity index (χ1v) is 7.63. The second-order valence-corrected chi connectivity index (χ2v) is 5.77. The zero-order valence-corrected chi connectivity index (χ0v) is 12.9. The third kappa shape index (κ3) is 2.93. The van der Waals surface area contributed by atoms with E-state index in [2.05, 4.69) is 21.4 Å². The third-order valence-electron chi connectivity index (χ3n) is 3.66. The van der Waals surface area contributed by atoms with E-state index < -0.39 is 0 Å². The zero-order chi connectivity index (χ0) is 15.5. The highest BCUT2D eigenvalue weighted by molar-refractivity contribution is 6.05. The second kappa shape index (κ2) is 6.13. The van der Waals surface area contributed by atoms with E-state index in [-0.39, 0.29) is 11.9 Å². The van der Waals surface area contributed by atoms with Crippen LogP contribution in [-0.2, 0) is 6.42 Å². The molecule has 0 unspecified atom stereocenters. The van der Waals surface area contributed by atoms with Crippen molar-refractivity contribution in [2.45, 2.75) is 32.7 Å². The lowest BCUT2D eigenvalue weighted by atomic mass is 10.0. The van der Waals surface area contributed by atoms with E-state index in [9.17, 15) is 4.79 Å². The summed E-state index contributed by atoms with van der Waals surface area (Å²) in [4.78, 5) is 23.0. The molecule has 114 valence electrons. The van der Waals surface area contributed by atoms with Gasteiger partial charge in [0, 0.05) is 18.3 Å². The highest BCUT2D eigenvalue weighted by Gasteiger charge is 2.24. The normalized spacial score (nSPS) is 13.9. The van der Waals surface area contributed by atoms with E-state index >= 15 is 0 Å². The van der Waals surface area contributed by atoms with Crippen LogP contribution in [0.3, 0.4) is 0 Å². The largest absolute Gasteiger partial charge is 0.367 e. The van der Waals surface area contributed by atoms with Crippen LogP contribution in [0, 0.1) is 0 Å². The number of hydrogen-bond acceptors (Lipinski definition) is 4. The quantitative estimate of drug-likeness (QED) is 0.946. The van der Waals surface area contributed by atoms with Crippen LogP contribution in [0.4, 0.5) is 11.5 Å². The minimum absolute atomic E-state index is 0.0873. The molecule has 1 aromatic carbocycles. The molecular weight excluding hydrogens is 276 g/mol. The highest BCUT2D eigenvalue weighted by Crippen LogP contribution is 2.27. The van der Waals surface area contributed by atoms with Crippen LogP contribution in [-0.4, -0.2) is 28.5 Å². The molecule has 0 radical (unpaired) electrons. The van der Waals surface area contributed by atoms with Gasteiger partial charge in [0.05, 0.1) is 12.4 Å². The first kappa shape index (κ1) is 14.5. The Morgan fingerprint density at radius 1 is 1.23 bits per heavy atom. The fourth-order valence-electron chi connectivity index (χ4n) is 2.69. The minimum atomic E-state index is -0.0873. The SMILES string of the molecule is CC(C)Nc1cnc(C(=O)N2CCCc3ccccc32)cn1. The summed E-state index contributed by atoms with van der Waals surface area (Å²) in [6.07, 6.45) is 5.15. The van der Waals surface area contributed by atoms with Crippen LogP contribution >= 0.6 is 0 Å². The predicted molar refractivity (Wildman–Crippen MR) is 87.2 cm³/mol. The van der Waals surface area contributed by atoms with Crippen LogP contribution < -0.4 is 10.2 Å². The van der Waals surface area contributed by atoms with E-state index in [0.29, 0.717) is 11.5 Å². The first-order chi connectivity index (χ1) is 10.6. The van der Waals surface area contributed by atoms with Crippen molar-refractivity contribution in [3.63, 3.8) is 0 Å². The van der Waals surface area contributed by atoms with Crippen LogP contribution in [0.5, 0.6) is 0 Å². The smallest absolute Gasteiger partial charge is 0.278 e. The molecule has 0 fully saturated rings. The number of nitrogens with one attached hydrogen (secondary N) is 1. The van der Waals surface area contributed by atoms with Crippen molar-refractivity contribution in [2.75, 3.05) is 16.8 Å². The lowest BCUT2D eigenvalue weighted by Crippen LogP contribution is -2.36. The Morgan fingerprint density at radius 3 is 2.77 bits per heavy atom. The van der Waals surface area contributed by atoms with Crippen molar-refractivity contribution in [3.05, 3.63) is 47.9 Å². The number of rotatable bonds is 3. The maximum Gasteiger partial charge on any atom is 0.278 e. The zero-order valence-electron chi connectivity index (χ0n) is 12.9. The number of aryl methyl sites for hydroxylation is 1. The number of carbonyl (C=O) groups is 1. The highest BCUT2D eigenvalue weighted by atomic mass is 16.2. The van der Waals surface area contributed by atoms with E-state index in [0.717, 1.165) is 25.1 Å². The van der Waals surface area contributed by atoms with Gasteiger partial charge in [-0.2, -0.15) is 0 Å². The van der Waals surface area contributed by atoms with Gasteiger partial charge in [0.25, 0.3) is 5.91 Å². The molecule has 2 heterocycles. The number of benzene rings is 1. The van der Waals surface area contributed by atoms with Crippen molar-refractivity contribution in [2.24, 2.45) is 0 Å². The molecule has 2 aromatic rings. The van der Waals surface area contributed by atoms with Gasteiger partial charge in [-0.25, -0.2) is 9.97 Å². The monoisotopic (exact) mass is 296 g/mol. The van der Waals surface area contributed by atoms with Crippen LogP contribution in [0.1, 0.15) is 36.3 Å². The van der Waals surface area contributed by atoms with Crippen LogP contribution in [0.2, 0.25) is 0 Å². The molecule has 1 aliphatic rings. The van der Waals surface area contributed by atoms with Crippen molar-refractivity contribution >= 4 is 17.4 Å². The average Bonchev–Trinajstić information content (AvgIpc) is 2.54. The van der Waals surface area contributed by atoms with Crippen molar-refractivity contribution in [1.29, 1.82) is 0 Å². The molecule has 0 aliphatic carbocycles. The molecule has 1 aliphatic heterocycles. The number of hydrogen-bond donors (Lipinski definition) is 1. The lowest BCUT2D eigenvalue weighted by molar-refractivity contribution is 0.0980. The Kier molecular flexibility index (Phi) is 4.04. The average molecular weight is 296 g/mol. The molecule has 22 heavy (non-hydrogen) atoms. The number of nitrogens with zero attached hydrogens (tertiary/aromatic N) is 3. The summed E-state index contributed by atoms with van der Waals surface area (Å²) in [5, 5.41) is 3.17. The Bertz CT molecular complexity index is 667. The third-order valence-corrected chi connectivity index (χ3v) is 3.66. The van der Waals surface area contributed by atoms with Crippen molar-refractivity contribution in [1.82, 2.24) is 9.97 Å². The van der Waals surface area contributed by atoms with E-state index in [1.54, 1.807) is 17.3 Å². The number of anilines is 2. The van der Waals surface area contributed by atoms with Gasteiger partial charge < -0.3 is 10.2 Å². The molecule has 0 saturated carbocycles. The maximum atomic E-state index is 12.7. The van der Waals surface area contributed by atoms with Crippen LogP contribution in [0.15, 0.2) is 36.7 Å². The van der Waals surface area contributed by atoms with Gasteiger partial charge in [0.15, 0.2) is 0 Å². The van der Waals surface area contributed by atoms with Gasteiger partial charge in [-0.15, -0.1) is 0 Å². The number of para-hydroxylation sites is 1. The number of fused-ring (bicyclic) bond motifs is 1. The van der Waals surface area contributed by atoms with Crippen LogP contribution in [0.25, 0.3) is 0 Å². The summed E-state index contributed by atoms with van der Waals surface area (Å²) >= 11 is 0. The number of aromatic nitrogens is 2. The fraction of sp³-hybridized carbons (Fsp3) is 0.353. The van der Waals surface area contributed by atoms with Gasteiger partial charge in [0.1, 0.15) is 11.5 Å². The Labute approximate surface area is 130 Å². The Hall–Kier alpha value is -2.43. The summed E-state index contributed by atoms with van der Waals surface area (Å²) in [6.45, 7) is 4.79. The molecule has 5 heteroatoms. The molecule has 5 nitrogen and oxygen atoms in total. The topological polar surface area (TPSA) is 58.1 Å². The maximum absolute atomic E-state index is 12.7. The molecule has 0 bridgehead atoms. The lowest BCUT2D eigenvalue weighted by Gasteiger charge is -2.29. The van der Waals surface area contributed by atoms with Crippen molar-refractivity contribution in [3.8, 4) is 0 Å². The molecule has 1 N–H and O–H groups in total. The van der Waals surface area contributed by atoms with Gasteiger partial charge in [-0.3, -0.25) is 4.79 Å². The van der Waals surface area contributed by atoms with E-state index in [4.69, 9.17) is 0 Å². The standard InChI is InChI=1S/C17H20N4O/c1-12(2)20-16-11-18-14(10-19-16)17(22)21-9-5-7-13-6-3-4-8-15(13)21/h3-4,6,8,10-12H,5,7,9H2,1-2H3,(H,19,20). The molecule has 1 aromatic heterocycles. The summed E-state index contributed by atoms with van der Waals surface area (Å²) in [7, 11) is 0. The predicted octanol–water partition coefficient (Wildman–Crippen LogP) is 2.89. The van der Waals surface area contributed by atoms with Crippen molar-refractivity contribution < 1.29 is 4.79 Å². The summed E-state index contributed by atoms with van der Waals surface area (Å²) in [5.74, 6) is 0.598. The Morgan fingerprint density at radius 2 is 2.05 bits per heavy atom. The first-order valence-electron chi connectivity index (χ1n) is 7.63. The van der Waals surface area contributed by atoms with Gasteiger partial charge in [-0.05, 0) is 38.3 Å². The molecule has 0 atom stereocenters. The molecule has 0 saturated heterocycles. The summed E-state index contributed by atoms with van der Waals surface area (Å²) < 4.78 is 0. The van der Waals surface area contributed by atoms with Gasteiger partial charge in [-0.1, -0.05) is 18.2 Å². The minimum Gasteiger partial charge on any atom is -0.367 e. The molecular formula is C17H20N4O. The van der Waals surface area contributed by atoms with E-state index in [1.807, 2.05) is 32.0 Å². The summed E-state index contributed by atoms with van der Waals surface area (Å²) in [6, 6.07) is 8.33. The number of carbonyl (C=O) groups excluding carboxylic acids is 1. The molecule has 1 amide bonds. The fourth-order valence-corrected chi connectivity index (χ4v) is 2.69. The van der Waals surface area contributed by atoms with E-state index in [1.165, 1.54) is 5.56 Å². The van der Waals surface area contributed by atoms with Gasteiger partial charge in [0.2, 0.25) is 0 Å². The Balaban J connectivity index is 1.83. The molecule has 0 spiro atoms. The molecule has 3 rings (SSSR count). The van der Waals surface area contributed by atoms with Gasteiger partial charge >= 0.3 is 0 Å².